The molecule has 0 aromatic heterocycles. The van der Waals surface area contributed by atoms with Gasteiger partial charge in [-0.2, -0.15) is 0 Å². The fourth-order valence-corrected chi connectivity index (χ4v) is 5.86. The van der Waals surface area contributed by atoms with Crippen molar-refractivity contribution in [2.75, 3.05) is 20.8 Å². The number of carboxylic acids is 1. The summed E-state index contributed by atoms with van der Waals surface area (Å²) in [6.45, 7) is 0.273. The van der Waals surface area contributed by atoms with Gasteiger partial charge in [-0.3, -0.25) is 14.5 Å². The Labute approximate surface area is 172 Å². The maximum atomic E-state index is 13.1. The lowest BCUT2D eigenvalue weighted by molar-refractivity contribution is -0.141. The molecule has 0 unspecified atom stereocenters. The van der Waals surface area contributed by atoms with Crippen LogP contribution in [0.1, 0.15) is 12.0 Å². The number of ether oxygens (including phenoxy) is 2. The maximum absolute atomic E-state index is 13.1. The Bertz CT molecular complexity index is 974. The summed E-state index contributed by atoms with van der Waals surface area (Å²) in [6, 6.07) is 5.51. The maximum Gasteiger partial charge on any atom is 0.354 e. The molecule has 2 bridgehead atoms. The predicted octanol–water partition coefficient (Wildman–Crippen LogP) is 0.953. The summed E-state index contributed by atoms with van der Waals surface area (Å²) in [5.74, 6) is -1.96. The monoisotopic (exact) mass is 414 g/mol. The van der Waals surface area contributed by atoms with Gasteiger partial charge in [0.15, 0.2) is 17.2 Å². The number of methoxy groups -OCH3 is 2. The highest BCUT2D eigenvalue weighted by atomic mass is 16.6. The number of fused-ring (bicyclic) bond motifs is 8. The van der Waals surface area contributed by atoms with Crippen molar-refractivity contribution in [3.63, 3.8) is 0 Å². The van der Waals surface area contributed by atoms with Crippen molar-refractivity contribution >= 4 is 23.5 Å². The molecular weight excluding hydrogens is 392 g/mol. The molecule has 9 heteroatoms. The topological polar surface area (TPSA) is 115 Å². The molecule has 30 heavy (non-hydrogen) atoms. The van der Waals surface area contributed by atoms with Gasteiger partial charge in [-0.1, -0.05) is 11.2 Å². The van der Waals surface area contributed by atoms with Crippen LogP contribution in [0.25, 0.3) is 0 Å². The van der Waals surface area contributed by atoms with Gasteiger partial charge in [0.25, 0.3) is 0 Å². The van der Waals surface area contributed by atoms with Gasteiger partial charge < -0.3 is 19.4 Å². The largest absolute Gasteiger partial charge is 0.493 e. The number of hydrogen-bond acceptors (Lipinski definition) is 7. The minimum absolute atomic E-state index is 0.0185. The number of aliphatic carboxylic acids is 1. The van der Waals surface area contributed by atoms with Crippen LogP contribution in [0.5, 0.6) is 11.5 Å². The molecule has 158 valence electrons. The van der Waals surface area contributed by atoms with Crippen LogP contribution >= 0.6 is 0 Å². The first-order valence-corrected chi connectivity index (χ1v) is 9.99. The highest BCUT2D eigenvalue weighted by molar-refractivity contribution is 6.37. The van der Waals surface area contributed by atoms with Crippen molar-refractivity contribution in [1.82, 2.24) is 4.90 Å². The molecule has 2 saturated carbocycles. The Morgan fingerprint density at radius 3 is 2.50 bits per heavy atom. The Kier molecular flexibility index (Phi) is 4.23. The number of benzene rings is 1. The highest BCUT2D eigenvalue weighted by Gasteiger charge is 2.70. The fourth-order valence-electron chi connectivity index (χ4n) is 5.86. The smallest absolute Gasteiger partial charge is 0.354 e. The number of carboxylic acid groups (broad SMARTS) is 1. The van der Waals surface area contributed by atoms with Gasteiger partial charge in [0.2, 0.25) is 11.8 Å². The first-order chi connectivity index (χ1) is 14.5. The van der Waals surface area contributed by atoms with Crippen LogP contribution in [-0.2, 0) is 25.6 Å². The second-order valence-electron chi connectivity index (χ2n) is 8.26. The van der Waals surface area contributed by atoms with E-state index in [1.54, 1.807) is 20.3 Å². The number of likely N-dealkylation sites (tertiary alicyclic amines) is 1. The first-order valence-electron chi connectivity index (χ1n) is 9.99. The fraction of sp³-hybridized carbons (Fsp3) is 0.524. The highest BCUT2D eigenvalue weighted by Crippen LogP contribution is 2.61. The van der Waals surface area contributed by atoms with E-state index < -0.39 is 29.8 Å². The summed E-state index contributed by atoms with van der Waals surface area (Å²) in [5.41, 5.74) is 0.906. The summed E-state index contributed by atoms with van der Waals surface area (Å²) in [5, 5.41) is 13.1. The quantitative estimate of drug-likeness (QED) is 0.689. The molecule has 9 nitrogen and oxygen atoms in total. The molecule has 6 atom stereocenters. The molecule has 2 amide bonds. The van der Waals surface area contributed by atoms with Crippen LogP contribution in [0.2, 0.25) is 0 Å². The van der Waals surface area contributed by atoms with Gasteiger partial charge >= 0.3 is 5.97 Å². The summed E-state index contributed by atoms with van der Waals surface area (Å²) in [4.78, 5) is 44.4. The Morgan fingerprint density at radius 2 is 1.83 bits per heavy atom. The molecular formula is C21H22N2O7. The SMILES string of the molecule is COc1ccc(CCN2C(=O)[C@@H]3[C@H]4C[C@@H]([C@@H]5C(C(=O)O)=NO[C@@H]45)[C@@H]3C2=O)cc1OC. The van der Waals surface area contributed by atoms with Crippen molar-refractivity contribution in [2.45, 2.75) is 18.9 Å². The first kappa shape index (κ1) is 18.9. The Hall–Kier alpha value is -3.10. The van der Waals surface area contributed by atoms with Crippen LogP contribution in [0.4, 0.5) is 0 Å². The van der Waals surface area contributed by atoms with Crippen LogP contribution < -0.4 is 9.47 Å². The number of rotatable bonds is 6. The second-order valence-corrected chi connectivity index (χ2v) is 8.26. The van der Waals surface area contributed by atoms with Gasteiger partial charge in [0.05, 0.1) is 32.0 Å². The molecule has 2 aliphatic heterocycles. The Morgan fingerprint density at radius 1 is 1.13 bits per heavy atom. The standard InChI is InChI=1S/C21H22N2O7/c1-28-12-4-3-9(7-13(12)29-2)5-6-23-19(24)14-10-8-11(15(14)20(23)25)18-16(10)17(21(26)27)22-30-18/h3-4,7,10-11,14-16,18H,5-6,8H2,1-2H3,(H,26,27)/t10-,11-,14+,15-,16-,18+/m1/s1. The number of amides is 2. The molecule has 2 aliphatic carbocycles. The zero-order chi connectivity index (χ0) is 21.2. The number of nitrogens with zero attached hydrogens (tertiary/aromatic N) is 2. The second kappa shape index (κ2) is 6.72. The molecule has 1 saturated heterocycles. The number of hydrogen-bond donors (Lipinski definition) is 1. The van der Waals surface area contributed by atoms with E-state index in [9.17, 15) is 19.5 Å². The van der Waals surface area contributed by atoms with E-state index in [-0.39, 0.29) is 35.9 Å². The van der Waals surface area contributed by atoms with Crippen molar-refractivity contribution in [2.24, 2.45) is 34.7 Å². The van der Waals surface area contributed by atoms with Crippen molar-refractivity contribution in [1.29, 1.82) is 0 Å². The average molecular weight is 414 g/mol. The third-order valence-corrected chi connectivity index (χ3v) is 7.07. The molecule has 4 aliphatic rings. The average Bonchev–Trinajstić information content (AvgIpc) is 3.47. The third-order valence-electron chi connectivity index (χ3n) is 7.07. The zero-order valence-electron chi connectivity index (χ0n) is 16.6. The van der Waals surface area contributed by atoms with Crippen LogP contribution in [-0.4, -0.2) is 60.4 Å². The molecule has 0 radical (unpaired) electrons. The molecule has 0 spiro atoms. The lowest BCUT2D eigenvalue weighted by Crippen LogP contribution is -2.42. The van der Waals surface area contributed by atoms with Gasteiger partial charge in [0.1, 0.15) is 6.10 Å². The van der Waals surface area contributed by atoms with E-state index in [1.807, 2.05) is 12.1 Å². The van der Waals surface area contributed by atoms with E-state index in [2.05, 4.69) is 5.16 Å². The summed E-state index contributed by atoms with van der Waals surface area (Å²) < 4.78 is 10.6. The van der Waals surface area contributed by atoms with Gasteiger partial charge in [0, 0.05) is 12.5 Å². The number of imide groups is 1. The molecule has 3 fully saturated rings. The van der Waals surface area contributed by atoms with E-state index >= 15 is 0 Å². The minimum Gasteiger partial charge on any atom is -0.493 e. The van der Waals surface area contributed by atoms with E-state index in [4.69, 9.17) is 14.3 Å². The lowest BCUT2D eigenvalue weighted by Gasteiger charge is -2.29. The van der Waals surface area contributed by atoms with Gasteiger partial charge in [-0.05, 0) is 36.5 Å². The zero-order valence-corrected chi connectivity index (χ0v) is 16.6. The number of oxime groups is 1. The molecule has 1 aromatic rings. The van der Waals surface area contributed by atoms with E-state index in [0.29, 0.717) is 24.3 Å². The number of carbonyl (C=O) groups is 3. The molecule has 2 heterocycles. The number of carbonyl (C=O) groups excluding carboxylic acids is 2. The van der Waals surface area contributed by atoms with Crippen LogP contribution in [0, 0.1) is 29.6 Å². The van der Waals surface area contributed by atoms with Gasteiger partial charge in [-0.15, -0.1) is 0 Å². The van der Waals surface area contributed by atoms with Crippen molar-refractivity contribution in [3.8, 4) is 11.5 Å². The van der Waals surface area contributed by atoms with Crippen LogP contribution in [0.3, 0.4) is 0 Å². The normalized spacial score (nSPS) is 33.3. The van der Waals surface area contributed by atoms with Gasteiger partial charge in [-0.25, -0.2) is 4.79 Å². The summed E-state index contributed by atoms with van der Waals surface area (Å²) in [6.07, 6.45) is 0.723. The summed E-state index contributed by atoms with van der Waals surface area (Å²) in [7, 11) is 3.12. The Balaban J connectivity index is 1.33. The van der Waals surface area contributed by atoms with E-state index in [0.717, 1.165) is 5.56 Å². The molecule has 1 aromatic carbocycles. The molecule has 5 rings (SSSR count). The third kappa shape index (κ3) is 2.47. The summed E-state index contributed by atoms with van der Waals surface area (Å²) >= 11 is 0. The molecule has 1 N–H and O–H groups in total. The lowest BCUT2D eigenvalue weighted by atomic mass is 9.72. The van der Waals surface area contributed by atoms with Crippen molar-refractivity contribution < 1.29 is 33.8 Å². The van der Waals surface area contributed by atoms with Crippen LogP contribution in [0.15, 0.2) is 23.4 Å². The predicted molar refractivity (Wildman–Crippen MR) is 102 cm³/mol. The van der Waals surface area contributed by atoms with Crippen molar-refractivity contribution in [3.05, 3.63) is 23.8 Å². The van der Waals surface area contributed by atoms with E-state index in [1.165, 1.54) is 4.90 Å². The minimum atomic E-state index is -1.12.